The van der Waals surface area contributed by atoms with Gasteiger partial charge in [-0.1, -0.05) is 19.1 Å². The number of non-ortho nitro benzene ring substituents is 1. The second kappa shape index (κ2) is 6.14. The fourth-order valence-electron chi connectivity index (χ4n) is 2.01. The van der Waals surface area contributed by atoms with Crippen LogP contribution in [-0.4, -0.2) is 26.7 Å². The number of rotatable bonds is 6. The van der Waals surface area contributed by atoms with Gasteiger partial charge in [0.15, 0.2) is 0 Å². The summed E-state index contributed by atoms with van der Waals surface area (Å²) in [6.45, 7) is 3.59. The number of nitrogens with zero attached hydrogens (tertiary/aromatic N) is 5. The van der Waals surface area contributed by atoms with Crippen molar-refractivity contribution in [3.8, 4) is 0 Å². The maximum Gasteiger partial charge on any atom is 0.269 e. The SMILES string of the molecule is CCCn1cnnc1N(C)Cc1ccc([N+](=O)[O-])cc1. The summed E-state index contributed by atoms with van der Waals surface area (Å²) in [4.78, 5) is 12.2. The predicted molar refractivity (Wildman–Crippen MR) is 75.5 cm³/mol. The third-order valence-corrected chi connectivity index (χ3v) is 2.97. The van der Waals surface area contributed by atoms with Crippen molar-refractivity contribution in [2.45, 2.75) is 26.4 Å². The molecule has 0 N–H and O–H groups in total. The third-order valence-electron chi connectivity index (χ3n) is 2.97. The van der Waals surface area contributed by atoms with Gasteiger partial charge in [-0.15, -0.1) is 10.2 Å². The first kappa shape index (κ1) is 14.0. The van der Waals surface area contributed by atoms with E-state index in [1.807, 2.05) is 16.5 Å². The molecule has 20 heavy (non-hydrogen) atoms. The Balaban J connectivity index is 2.08. The first-order valence-corrected chi connectivity index (χ1v) is 6.44. The molecule has 1 aromatic heterocycles. The lowest BCUT2D eigenvalue weighted by Crippen LogP contribution is -2.20. The van der Waals surface area contributed by atoms with Crippen LogP contribution < -0.4 is 4.90 Å². The number of benzene rings is 1. The van der Waals surface area contributed by atoms with Crippen molar-refractivity contribution in [1.29, 1.82) is 0 Å². The summed E-state index contributed by atoms with van der Waals surface area (Å²) in [5.74, 6) is 0.796. The molecule has 0 fully saturated rings. The lowest BCUT2D eigenvalue weighted by atomic mass is 10.2. The number of hydrogen-bond acceptors (Lipinski definition) is 5. The third kappa shape index (κ3) is 3.11. The Morgan fingerprint density at radius 2 is 2.05 bits per heavy atom. The van der Waals surface area contributed by atoms with Gasteiger partial charge in [-0.05, 0) is 12.0 Å². The van der Waals surface area contributed by atoms with Crippen molar-refractivity contribution < 1.29 is 4.92 Å². The van der Waals surface area contributed by atoms with Crippen LogP contribution in [0.2, 0.25) is 0 Å². The molecule has 0 unspecified atom stereocenters. The van der Waals surface area contributed by atoms with E-state index < -0.39 is 4.92 Å². The molecule has 0 aliphatic heterocycles. The van der Waals surface area contributed by atoms with Crippen LogP contribution in [0.5, 0.6) is 0 Å². The van der Waals surface area contributed by atoms with Gasteiger partial charge in [0.1, 0.15) is 6.33 Å². The van der Waals surface area contributed by atoms with E-state index in [9.17, 15) is 10.1 Å². The summed E-state index contributed by atoms with van der Waals surface area (Å²) in [6, 6.07) is 6.55. The number of hydrogen-bond donors (Lipinski definition) is 0. The average Bonchev–Trinajstić information content (AvgIpc) is 2.88. The Labute approximate surface area is 117 Å². The van der Waals surface area contributed by atoms with Crippen LogP contribution in [-0.2, 0) is 13.1 Å². The maximum absolute atomic E-state index is 10.6. The summed E-state index contributed by atoms with van der Waals surface area (Å²) in [7, 11) is 1.93. The van der Waals surface area contributed by atoms with Gasteiger partial charge in [-0.2, -0.15) is 0 Å². The van der Waals surface area contributed by atoms with Gasteiger partial charge in [0.2, 0.25) is 5.95 Å². The van der Waals surface area contributed by atoms with Crippen LogP contribution in [0.25, 0.3) is 0 Å². The zero-order chi connectivity index (χ0) is 14.5. The molecule has 2 aromatic rings. The smallest absolute Gasteiger partial charge is 0.269 e. The topological polar surface area (TPSA) is 77.1 Å². The van der Waals surface area contributed by atoms with E-state index in [0.717, 1.165) is 24.5 Å². The Morgan fingerprint density at radius 1 is 1.35 bits per heavy atom. The Morgan fingerprint density at radius 3 is 2.65 bits per heavy atom. The predicted octanol–water partition coefficient (Wildman–Crippen LogP) is 2.23. The van der Waals surface area contributed by atoms with E-state index in [1.165, 1.54) is 12.1 Å². The number of aromatic nitrogens is 3. The normalized spacial score (nSPS) is 10.5. The molecule has 0 atom stereocenters. The quantitative estimate of drug-likeness (QED) is 0.596. The number of nitro benzene ring substituents is 1. The lowest BCUT2D eigenvalue weighted by Gasteiger charge is -2.18. The summed E-state index contributed by atoms with van der Waals surface area (Å²) in [6.07, 6.45) is 2.72. The van der Waals surface area contributed by atoms with Crippen molar-refractivity contribution in [3.05, 3.63) is 46.3 Å². The van der Waals surface area contributed by atoms with Crippen LogP contribution in [0, 0.1) is 10.1 Å². The molecule has 0 saturated heterocycles. The molecule has 0 bridgehead atoms. The van der Waals surface area contributed by atoms with Crippen molar-refractivity contribution in [2.75, 3.05) is 11.9 Å². The number of nitro groups is 1. The molecule has 0 spiro atoms. The molecule has 2 rings (SSSR count). The molecule has 0 aliphatic carbocycles. The monoisotopic (exact) mass is 275 g/mol. The number of aryl methyl sites for hydroxylation is 1. The van der Waals surface area contributed by atoms with Gasteiger partial charge in [0.05, 0.1) is 4.92 Å². The molecule has 0 aliphatic rings. The van der Waals surface area contributed by atoms with Gasteiger partial charge in [-0.3, -0.25) is 14.7 Å². The molecule has 106 valence electrons. The fourth-order valence-corrected chi connectivity index (χ4v) is 2.01. The van der Waals surface area contributed by atoms with Crippen LogP contribution in [0.15, 0.2) is 30.6 Å². The Hall–Kier alpha value is -2.44. The molecule has 0 amide bonds. The maximum atomic E-state index is 10.6. The van der Waals surface area contributed by atoms with Gasteiger partial charge >= 0.3 is 0 Å². The summed E-state index contributed by atoms with van der Waals surface area (Å²) in [5.41, 5.74) is 1.09. The standard InChI is InChI=1S/C13H17N5O2/c1-3-8-17-10-14-15-13(17)16(2)9-11-4-6-12(7-5-11)18(19)20/h4-7,10H,3,8-9H2,1-2H3. The van der Waals surface area contributed by atoms with Crippen LogP contribution in [0.1, 0.15) is 18.9 Å². The fraction of sp³-hybridized carbons (Fsp3) is 0.385. The highest BCUT2D eigenvalue weighted by molar-refractivity contribution is 5.36. The van der Waals surface area contributed by atoms with Crippen molar-refractivity contribution in [1.82, 2.24) is 14.8 Å². The highest BCUT2D eigenvalue weighted by atomic mass is 16.6. The second-order valence-corrected chi connectivity index (χ2v) is 4.60. The van der Waals surface area contributed by atoms with E-state index in [4.69, 9.17) is 0 Å². The van der Waals surface area contributed by atoms with E-state index in [2.05, 4.69) is 17.1 Å². The first-order valence-electron chi connectivity index (χ1n) is 6.44. The van der Waals surface area contributed by atoms with Crippen molar-refractivity contribution in [3.63, 3.8) is 0 Å². The summed E-state index contributed by atoms with van der Waals surface area (Å²) in [5, 5.41) is 18.6. The summed E-state index contributed by atoms with van der Waals surface area (Å²) >= 11 is 0. The largest absolute Gasteiger partial charge is 0.340 e. The van der Waals surface area contributed by atoms with E-state index in [1.54, 1.807) is 18.5 Å². The highest BCUT2D eigenvalue weighted by Gasteiger charge is 2.10. The molecule has 1 aromatic carbocycles. The molecular weight excluding hydrogens is 258 g/mol. The molecule has 0 radical (unpaired) electrons. The zero-order valence-corrected chi connectivity index (χ0v) is 11.6. The van der Waals surface area contributed by atoms with Gasteiger partial charge in [0.25, 0.3) is 5.69 Å². The van der Waals surface area contributed by atoms with E-state index in [0.29, 0.717) is 6.54 Å². The average molecular weight is 275 g/mol. The van der Waals surface area contributed by atoms with E-state index in [-0.39, 0.29) is 5.69 Å². The zero-order valence-electron chi connectivity index (χ0n) is 11.6. The van der Waals surface area contributed by atoms with Crippen molar-refractivity contribution in [2.24, 2.45) is 0 Å². The minimum Gasteiger partial charge on any atom is -0.340 e. The second-order valence-electron chi connectivity index (χ2n) is 4.60. The van der Waals surface area contributed by atoms with Gasteiger partial charge < -0.3 is 4.90 Å². The highest BCUT2D eigenvalue weighted by Crippen LogP contribution is 2.16. The molecule has 0 saturated carbocycles. The Kier molecular flexibility index (Phi) is 4.29. The molecule has 1 heterocycles. The minimum absolute atomic E-state index is 0.102. The van der Waals surface area contributed by atoms with Gasteiger partial charge in [-0.25, -0.2) is 0 Å². The van der Waals surface area contributed by atoms with E-state index >= 15 is 0 Å². The van der Waals surface area contributed by atoms with Crippen LogP contribution in [0.3, 0.4) is 0 Å². The number of anilines is 1. The Bertz CT molecular complexity index is 579. The van der Waals surface area contributed by atoms with Crippen LogP contribution in [0.4, 0.5) is 11.6 Å². The molecular formula is C13H17N5O2. The molecule has 7 heteroatoms. The lowest BCUT2D eigenvalue weighted by molar-refractivity contribution is -0.384. The van der Waals surface area contributed by atoms with Crippen molar-refractivity contribution >= 4 is 11.6 Å². The minimum atomic E-state index is -0.397. The van der Waals surface area contributed by atoms with Crippen LogP contribution >= 0.6 is 0 Å². The first-order chi connectivity index (χ1) is 9.61. The van der Waals surface area contributed by atoms with Gasteiger partial charge in [0, 0.05) is 32.3 Å². The molecule has 7 nitrogen and oxygen atoms in total. The summed E-state index contributed by atoms with van der Waals surface area (Å²) < 4.78 is 1.99.